The molecule has 0 saturated heterocycles. The number of aromatic nitrogens is 2. The van der Waals surface area contributed by atoms with Gasteiger partial charge in [0.1, 0.15) is 0 Å². The zero-order chi connectivity index (χ0) is 18.7. The molecule has 0 aliphatic carbocycles. The van der Waals surface area contributed by atoms with Crippen molar-refractivity contribution in [1.82, 2.24) is 14.9 Å². The topological polar surface area (TPSA) is 101 Å². The van der Waals surface area contributed by atoms with Gasteiger partial charge in [0, 0.05) is 11.1 Å². The summed E-state index contributed by atoms with van der Waals surface area (Å²) in [7, 11) is -3.71. The van der Waals surface area contributed by atoms with Gasteiger partial charge in [0.2, 0.25) is 15.2 Å². The number of nitrogens with one attached hydrogen (secondary N) is 2. The van der Waals surface area contributed by atoms with Gasteiger partial charge in [0.25, 0.3) is 5.91 Å². The molecule has 1 aromatic heterocycles. The van der Waals surface area contributed by atoms with Crippen molar-refractivity contribution in [1.29, 1.82) is 0 Å². The molecule has 0 saturated carbocycles. The molecule has 2 rings (SSSR count). The first-order valence-electron chi connectivity index (χ1n) is 7.52. The zero-order valence-corrected chi connectivity index (χ0v) is 16.8. The number of hydrogen-bond acceptors (Lipinski definition) is 7. The van der Waals surface area contributed by atoms with Crippen molar-refractivity contribution in [2.45, 2.75) is 42.5 Å². The van der Waals surface area contributed by atoms with E-state index in [0.29, 0.717) is 5.13 Å². The van der Waals surface area contributed by atoms with Gasteiger partial charge in [-0.3, -0.25) is 10.1 Å². The Morgan fingerprint density at radius 2 is 2.00 bits per heavy atom. The summed E-state index contributed by atoms with van der Waals surface area (Å²) in [6.45, 7) is 7.26. The minimum Gasteiger partial charge on any atom is -0.296 e. The molecular weight excluding hydrogens is 380 g/mol. The second-order valence-corrected chi connectivity index (χ2v) is 10.3. The van der Waals surface area contributed by atoms with Crippen LogP contribution in [0.3, 0.4) is 0 Å². The van der Waals surface area contributed by atoms with Crippen molar-refractivity contribution in [2.24, 2.45) is 0 Å². The van der Waals surface area contributed by atoms with Crippen LogP contribution in [0.5, 0.6) is 0 Å². The summed E-state index contributed by atoms with van der Waals surface area (Å²) in [5.74, 6) is 0.431. The summed E-state index contributed by atoms with van der Waals surface area (Å²) < 4.78 is 28.1. The molecule has 136 valence electrons. The molecule has 10 heteroatoms. The summed E-state index contributed by atoms with van der Waals surface area (Å²) in [6.07, 6.45) is 0. The van der Waals surface area contributed by atoms with Crippen LogP contribution in [0.2, 0.25) is 0 Å². The summed E-state index contributed by atoms with van der Waals surface area (Å²) in [5.41, 5.74) is -0.381. The average Bonchev–Trinajstić information content (AvgIpc) is 2.92. The Labute approximate surface area is 155 Å². The SMILES string of the molecule is CCSc1nnc(NC(=O)c2cccc(S(=O)(=O)NC(C)(C)C)c2)s1. The zero-order valence-electron chi connectivity index (χ0n) is 14.4. The van der Waals surface area contributed by atoms with E-state index in [1.807, 2.05) is 6.92 Å². The van der Waals surface area contributed by atoms with Gasteiger partial charge in [-0.2, -0.15) is 0 Å². The normalized spacial score (nSPS) is 12.2. The number of hydrogen-bond donors (Lipinski definition) is 2. The Hall–Kier alpha value is -1.49. The molecular formula is C15H20N4O3S3. The van der Waals surface area contributed by atoms with E-state index < -0.39 is 21.5 Å². The van der Waals surface area contributed by atoms with Crippen LogP contribution in [-0.4, -0.2) is 35.8 Å². The highest BCUT2D eigenvalue weighted by Gasteiger charge is 2.23. The highest BCUT2D eigenvalue weighted by atomic mass is 32.2. The summed E-state index contributed by atoms with van der Waals surface area (Å²) in [6, 6.07) is 5.87. The minimum absolute atomic E-state index is 0.0366. The van der Waals surface area contributed by atoms with E-state index >= 15 is 0 Å². The van der Waals surface area contributed by atoms with Crippen molar-refractivity contribution in [3.05, 3.63) is 29.8 Å². The molecule has 0 fully saturated rings. The first-order chi connectivity index (χ1) is 11.6. The molecule has 0 aliphatic heterocycles. The van der Waals surface area contributed by atoms with Gasteiger partial charge in [-0.15, -0.1) is 10.2 Å². The van der Waals surface area contributed by atoms with Crippen molar-refractivity contribution < 1.29 is 13.2 Å². The molecule has 2 aromatic rings. The highest BCUT2D eigenvalue weighted by Crippen LogP contribution is 2.25. The molecule has 1 aromatic carbocycles. The number of nitrogens with zero attached hydrogens (tertiary/aromatic N) is 2. The van der Waals surface area contributed by atoms with Gasteiger partial charge >= 0.3 is 0 Å². The number of benzene rings is 1. The monoisotopic (exact) mass is 400 g/mol. The lowest BCUT2D eigenvalue weighted by Gasteiger charge is -2.20. The quantitative estimate of drug-likeness (QED) is 0.571. The molecule has 0 radical (unpaired) electrons. The third-order valence-electron chi connectivity index (χ3n) is 2.74. The Morgan fingerprint density at radius 3 is 2.64 bits per heavy atom. The fourth-order valence-corrected chi connectivity index (χ4v) is 4.99. The van der Waals surface area contributed by atoms with Gasteiger partial charge in [-0.05, 0) is 44.7 Å². The van der Waals surface area contributed by atoms with Crippen LogP contribution in [-0.2, 0) is 10.0 Å². The van der Waals surface area contributed by atoms with Gasteiger partial charge in [-0.1, -0.05) is 36.1 Å². The lowest BCUT2D eigenvalue weighted by atomic mass is 10.1. The number of anilines is 1. The number of rotatable bonds is 6. The molecule has 7 nitrogen and oxygen atoms in total. The predicted octanol–water partition coefficient (Wildman–Crippen LogP) is 2.98. The van der Waals surface area contributed by atoms with E-state index in [9.17, 15) is 13.2 Å². The molecule has 0 atom stereocenters. The standard InChI is InChI=1S/C15H20N4O3S3/c1-5-23-14-18-17-13(24-14)16-12(20)10-7-6-8-11(9-10)25(21,22)19-15(2,3)4/h6-9,19H,5H2,1-4H3,(H,16,17,20). The Morgan fingerprint density at radius 1 is 1.28 bits per heavy atom. The summed E-state index contributed by atoms with van der Waals surface area (Å²) in [5, 5.41) is 10.9. The predicted molar refractivity (Wildman–Crippen MR) is 101 cm³/mol. The third kappa shape index (κ3) is 5.77. The molecule has 1 amide bonds. The Bertz CT molecular complexity index is 857. The molecule has 0 aliphatic rings. The van der Waals surface area contributed by atoms with Crippen LogP contribution >= 0.6 is 23.1 Å². The second-order valence-electron chi connectivity index (χ2n) is 6.14. The molecule has 25 heavy (non-hydrogen) atoms. The van der Waals surface area contributed by atoms with Crippen molar-refractivity contribution >= 4 is 44.2 Å². The van der Waals surface area contributed by atoms with Gasteiger partial charge in [-0.25, -0.2) is 13.1 Å². The second kappa shape index (κ2) is 7.81. The van der Waals surface area contributed by atoms with Gasteiger partial charge in [0.05, 0.1) is 4.90 Å². The smallest absolute Gasteiger partial charge is 0.257 e. The number of amides is 1. The molecule has 1 heterocycles. The van der Waals surface area contributed by atoms with Gasteiger partial charge < -0.3 is 0 Å². The number of carbonyl (C=O) groups is 1. The van der Waals surface area contributed by atoms with E-state index in [1.165, 1.54) is 41.3 Å². The lowest BCUT2D eigenvalue weighted by molar-refractivity contribution is 0.102. The van der Waals surface area contributed by atoms with Crippen LogP contribution in [0.25, 0.3) is 0 Å². The maximum Gasteiger partial charge on any atom is 0.257 e. The van der Waals surface area contributed by atoms with E-state index in [2.05, 4.69) is 20.2 Å². The highest BCUT2D eigenvalue weighted by molar-refractivity contribution is 8.01. The van der Waals surface area contributed by atoms with Crippen molar-refractivity contribution in [3.8, 4) is 0 Å². The van der Waals surface area contributed by atoms with E-state index in [0.717, 1.165) is 10.1 Å². The van der Waals surface area contributed by atoms with Gasteiger partial charge in [0.15, 0.2) is 4.34 Å². The van der Waals surface area contributed by atoms with Crippen LogP contribution in [0, 0.1) is 0 Å². The van der Waals surface area contributed by atoms with Crippen LogP contribution in [0.4, 0.5) is 5.13 Å². The summed E-state index contributed by atoms with van der Waals surface area (Å²) in [4.78, 5) is 12.4. The fraction of sp³-hybridized carbons (Fsp3) is 0.400. The first kappa shape index (κ1) is 19.8. The molecule has 2 N–H and O–H groups in total. The first-order valence-corrected chi connectivity index (χ1v) is 10.8. The van der Waals surface area contributed by atoms with Crippen molar-refractivity contribution in [3.63, 3.8) is 0 Å². The molecule has 0 unspecified atom stereocenters. The third-order valence-corrected chi connectivity index (χ3v) is 6.35. The maximum absolute atomic E-state index is 12.4. The molecule has 0 bridgehead atoms. The lowest BCUT2D eigenvalue weighted by Crippen LogP contribution is -2.40. The van der Waals surface area contributed by atoms with E-state index in [4.69, 9.17) is 0 Å². The number of carbonyl (C=O) groups excluding carboxylic acids is 1. The van der Waals surface area contributed by atoms with Crippen molar-refractivity contribution in [2.75, 3.05) is 11.1 Å². The van der Waals surface area contributed by atoms with E-state index in [1.54, 1.807) is 26.8 Å². The Kier molecular flexibility index (Phi) is 6.20. The number of thioether (sulfide) groups is 1. The largest absolute Gasteiger partial charge is 0.296 e. The van der Waals surface area contributed by atoms with Crippen LogP contribution in [0.1, 0.15) is 38.1 Å². The molecule has 0 spiro atoms. The van der Waals surface area contributed by atoms with Crippen LogP contribution in [0.15, 0.2) is 33.5 Å². The fourth-order valence-electron chi connectivity index (χ4n) is 1.88. The minimum atomic E-state index is -3.71. The average molecular weight is 401 g/mol. The van der Waals surface area contributed by atoms with E-state index in [-0.39, 0.29) is 10.5 Å². The summed E-state index contributed by atoms with van der Waals surface area (Å²) >= 11 is 2.81. The van der Waals surface area contributed by atoms with Crippen LogP contribution < -0.4 is 10.0 Å². The Balaban J connectivity index is 2.18. The number of sulfonamides is 1. The maximum atomic E-state index is 12.4.